The van der Waals surface area contributed by atoms with Gasteiger partial charge in [-0.05, 0) is 65.8 Å². The SMILES string of the molecule is CCCCCCCCCCCCCCON(c1ccccc1)c1ccc(CC(=O)Nc2ccc(CN3C=C(C)SC3)cc2)cc1. The quantitative estimate of drug-likeness (QED) is 0.0940. The average molecular weight is 628 g/mol. The van der Waals surface area contributed by atoms with E-state index in [-0.39, 0.29) is 5.91 Å². The van der Waals surface area contributed by atoms with Crippen molar-refractivity contribution >= 4 is 34.7 Å². The summed E-state index contributed by atoms with van der Waals surface area (Å²) in [5.74, 6) is 0.978. The molecule has 0 spiro atoms. The van der Waals surface area contributed by atoms with Gasteiger partial charge in [-0.3, -0.25) is 9.63 Å². The maximum atomic E-state index is 12.8. The Hall–Kier alpha value is -3.22. The Bertz CT molecular complexity index is 1280. The second-order valence-corrected chi connectivity index (χ2v) is 13.4. The Labute approximate surface area is 276 Å². The van der Waals surface area contributed by atoms with E-state index in [2.05, 4.69) is 54.5 Å². The van der Waals surface area contributed by atoms with Gasteiger partial charge >= 0.3 is 0 Å². The predicted molar refractivity (Wildman–Crippen MR) is 193 cm³/mol. The Morgan fingerprint density at radius 3 is 1.93 bits per heavy atom. The molecule has 5 nitrogen and oxygen atoms in total. The van der Waals surface area contributed by atoms with Gasteiger partial charge in [-0.25, -0.2) is 5.06 Å². The molecule has 4 rings (SSSR count). The summed E-state index contributed by atoms with van der Waals surface area (Å²) in [5.41, 5.74) is 4.99. The Kier molecular flexibility index (Phi) is 15.4. The maximum absolute atomic E-state index is 12.8. The lowest BCUT2D eigenvalue weighted by Gasteiger charge is -2.24. The van der Waals surface area contributed by atoms with Gasteiger partial charge in [-0.1, -0.05) is 120 Å². The molecule has 0 radical (unpaired) electrons. The Morgan fingerprint density at radius 1 is 0.756 bits per heavy atom. The number of benzene rings is 3. The van der Waals surface area contributed by atoms with Crippen molar-refractivity contribution < 1.29 is 9.63 Å². The summed E-state index contributed by atoms with van der Waals surface area (Å²) in [4.78, 5) is 22.8. The highest BCUT2D eigenvalue weighted by atomic mass is 32.2. The molecule has 0 fully saturated rings. The number of rotatable bonds is 21. The number of hydrogen-bond donors (Lipinski definition) is 1. The van der Waals surface area contributed by atoms with Crippen LogP contribution in [0, 0.1) is 0 Å². The fourth-order valence-electron chi connectivity index (χ4n) is 5.64. The summed E-state index contributed by atoms with van der Waals surface area (Å²) in [6.07, 6.45) is 18.5. The van der Waals surface area contributed by atoms with E-state index in [0.29, 0.717) is 13.0 Å². The highest BCUT2D eigenvalue weighted by Crippen LogP contribution is 2.27. The highest BCUT2D eigenvalue weighted by molar-refractivity contribution is 8.03. The van der Waals surface area contributed by atoms with Gasteiger partial charge in [0.2, 0.25) is 5.91 Å². The minimum Gasteiger partial charge on any atom is -0.363 e. The summed E-state index contributed by atoms with van der Waals surface area (Å²) >= 11 is 1.87. The van der Waals surface area contributed by atoms with Gasteiger partial charge in [0, 0.05) is 18.4 Å². The van der Waals surface area contributed by atoms with Crippen molar-refractivity contribution in [1.82, 2.24) is 4.90 Å². The molecular formula is C39H53N3O2S. The van der Waals surface area contributed by atoms with Gasteiger partial charge in [0.1, 0.15) is 0 Å². The van der Waals surface area contributed by atoms with Crippen molar-refractivity contribution in [2.45, 2.75) is 104 Å². The molecule has 3 aromatic carbocycles. The molecule has 1 N–H and O–H groups in total. The first kappa shape index (κ1) is 34.6. The lowest BCUT2D eigenvalue weighted by atomic mass is 10.1. The molecule has 0 aromatic heterocycles. The van der Waals surface area contributed by atoms with Crippen LogP contribution in [0.15, 0.2) is 90.0 Å². The minimum atomic E-state index is -0.0202. The molecule has 0 saturated carbocycles. The van der Waals surface area contributed by atoms with Crippen LogP contribution < -0.4 is 10.4 Å². The first-order valence-electron chi connectivity index (χ1n) is 17.1. The standard InChI is InChI=1S/C39H53N3O2S/c1-3-4-5-6-7-8-9-10-11-12-13-17-28-44-42(37-18-15-14-16-19-37)38-26-22-34(23-27-38)29-39(43)40-36-24-20-35(21-25-36)31-41-30-33(2)45-32-41/h14-16,18-27,30H,3-13,17,28-29,31-32H2,1-2H3,(H,40,43). The van der Waals surface area contributed by atoms with Crippen molar-refractivity contribution in [3.63, 3.8) is 0 Å². The van der Waals surface area contributed by atoms with E-state index in [4.69, 9.17) is 4.84 Å². The molecule has 242 valence electrons. The third kappa shape index (κ3) is 13.0. The van der Waals surface area contributed by atoms with Crippen LogP contribution in [0.3, 0.4) is 0 Å². The van der Waals surface area contributed by atoms with Crippen LogP contribution in [0.5, 0.6) is 0 Å². The van der Waals surface area contributed by atoms with E-state index in [1.165, 1.54) is 81.1 Å². The fraction of sp³-hybridized carbons (Fsp3) is 0.462. The average Bonchev–Trinajstić information content (AvgIpc) is 3.47. The Balaban J connectivity index is 1.18. The molecule has 1 heterocycles. The number of unbranched alkanes of at least 4 members (excludes halogenated alkanes) is 11. The van der Waals surface area contributed by atoms with E-state index in [1.54, 1.807) is 0 Å². The zero-order valence-corrected chi connectivity index (χ0v) is 28.3. The molecule has 0 bridgehead atoms. The first-order chi connectivity index (χ1) is 22.1. The van der Waals surface area contributed by atoms with Gasteiger partial charge in [-0.2, -0.15) is 0 Å². The topological polar surface area (TPSA) is 44.8 Å². The van der Waals surface area contributed by atoms with Gasteiger partial charge in [0.25, 0.3) is 0 Å². The van der Waals surface area contributed by atoms with E-state index in [9.17, 15) is 4.79 Å². The van der Waals surface area contributed by atoms with Crippen LogP contribution in [-0.2, 0) is 22.6 Å². The van der Waals surface area contributed by atoms with Crippen LogP contribution in [0.1, 0.15) is 102 Å². The molecule has 1 aliphatic heterocycles. The third-order valence-corrected chi connectivity index (χ3v) is 9.21. The normalized spacial score (nSPS) is 12.8. The molecular weight excluding hydrogens is 575 g/mol. The summed E-state index contributed by atoms with van der Waals surface area (Å²) in [7, 11) is 0. The smallest absolute Gasteiger partial charge is 0.228 e. The second-order valence-electron chi connectivity index (χ2n) is 12.2. The first-order valence-corrected chi connectivity index (χ1v) is 18.1. The zero-order valence-electron chi connectivity index (χ0n) is 27.5. The molecule has 0 aliphatic carbocycles. The van der Waals surface area contributed by atoms with Crippen LogP contribution in [0.25, 0.3) is 0 Å². The maximum Gasteiger partial charge on any atom is 0.228 e. The number of nitrogens with zero attached hydrogens (tertiary/aromatic N) is 2. The summed E-state index contributed by atoms with van der Waals surface area (Å²) in [6, 6.07) is 26.5. The summed E-state index contributed by atoms with van der Waals surface area (Å²) in [6.45, 7) is 5.99. The van der Waals surface area contributed by atoms with Crippen LogP contribution in [0.2, 0.25) is 0 Å². The van der Waals surface area contributed by atoms with E-state index in [0.717, 1.165) is 41.5 Å². The van der Waals surface area contributed by atoms with Gasteiger partial charge < -0.3 is 10.2 Å². The van der Waals surface area contributed by atoms with Crippen molar-refractivity contribution in [1.29, 1.82) is 0 Å². The number of carbonyl (C=O) groups excluding carboxylic acids is 1. The lowest BCUT2D eigenvalue weighted by Crippen LogP contribution is -2.19. The van der Waals surface area contributed by atoms with Crippen molar-refractivity contribution in [2.24, 2.45) is 0 Å². The number of anilines is 3. The number of thioether (sulfide) groups is 1. The Morgan fingerprint density at radius 2 is 1.33 bits per heavy atom. The lowest BCUT2D eigenvalue weighted by molar-refractivity contribution is -0.115. The summed E-state index contributed by atoms with van der Waals surface area (Å²) in [5, 5.41) is 4.96. The number of para-hydroxylation sites is 1. The van der Waals surface area contributed by atoms with Crippen molar-refractivity contribution in [3.05, 3.63) is 101 Å². The number of amides is 1. The number of allylic oxidation sites excluding steroid dienone is 1. The summed E-state index contributed by atoms with van der Waals surface area (Å²) < 4.78 is 0. The molecule has 3 aromatic rings. The second kappa shape index (κ2) is 20.0. The molecule has 0 atom stereocenters. The molecule has 1 aliphatic rings. The molecule has 45 heavy (non-hydrogen) atoms. The zero-order chi connectivity index (χ0) is 31.5. The number of hydrogen-bond acceptors (Lipinski definition) is 5. The molecule has 6 heteroatoms. The molecule has 0 saturated heterocycles. The molecule has 1 amide bonds. The van der Waals surface area contributed by atoms with E-state index < -0.39 is 0 Å². The van der Waals surface area contributed by atoms with Gasteiger partial charge in [0.05, 0.1) is 30.3 Å². The van der Waals surface area contributed by atoms with Gasteiger partial charge in [-0.15, -0.1) is 11.8 Å². The fourth-order valence-corrected chi connectivity index (χ4v) is 6.39. The third-order valence-electron chi connectivity index (χ3n) is 8.19. The monoisotopic (exact) mass is 627 g/mol. The van der Waals surface area contributed by atoms with E-state index >= 15 is 0 Å². The van der Waals surface area contributed by atoms with Crippen molar-refractivity contribution in [2.75, 3.05) is 22.9 Å². The number of nitrogens with one attached hydrogen (secondary N) is 1. The van der Waals surface area contributed by atoms with E-state index in [1.807, 2.05) is 71.4 Å². The minimum absolute atomic E-state index is 0.0202. The van der Waals surface area contributed by atoms with Crippen molar-refractivity contribution in [3.8, 4) is 0 Å². The largest absolute Gasteiger partial charge is 0.363 e. The van der Waals surface area contributed by atoms with Crippen LogP contribution >= 0.6 is 11.8 Å². The highest BCUT2D eigenvalue weighted by Gasteiger charge is 2.13. The van der Waals surface area contributed by atoms with Crippen LogP contribution in [0.4, 0.5) is 17.1 Å². The van der Waals surface area contributed by atoms with Crippen LogP contribution in [-0.4, -0.2) is 23.3 Å². The predicted octanol–water partition coefficient (Wildman–Crippen LogP) is 11.0. The van der Waals surface area contributed by atoms with Gasteiger partial charge in [0.15, 0.2) is 0 Å². The number of carbonyl (C=O) groups is 1. The molecule has 0 unspecified atom stereocenters.